The summed E-state index contributed by atoms with van der Waals surface area (Å²) in [5, 5.41) is 12.9. The van der Waals surface area contributed by atoms with Gasteiger partial charge in [-0.3, -0.25) is 24.3 Å². The molecule has 5 aromatic carbocycles. The number of aliphatic imine (C=N–C) groups is 1. The van der Waals surface area contributed by atoms with Crippen LogP contribution in [0.3, 0.4) is 0 Å². The average Bonchev–Trinajstić information content (AvgIpc) is 3.87. The van der Waals surface area contributed by atoms with Gasteiger partial charge in [0.05, 0.1) is 61.5 Å². The van der Waals surface area contributed by atoms with Gasteiger partial charge in [0, 0.05) is 79.2 Å². The fourth-order valence-corrected chi connectivity index (χ4v) is 11.1. The molecule has 72 heavy (non-hydrogen) atoms. The molecule has 0 unspecified atom stereocenters. The normalized spacial score (nSPS) is 16.4. The maximum absolute atomic E-state index is 14.2. The van der Waals surface area contributed by atoms with Gasteiger partial charge >= 0.3 is 5.97 Å². The van der Waals surface area contributed by atoms with Gasteiger partial charge in [-0.05, 0) is 116 Å². The number of aryl methyl sites for hydroxylation is 1. The molecule has 2 atom stereocenters. The molecule has 4 heterocycles. The molecule has 4 aliphatic heterocycles. The summed E-state index contributed by atoms with van der Waals surface area (Å²) in [4.78, 5) is 50.6. The number of hydrogen-bond donors (Lipinski definition) is 2. The Bertz CT molecular complexity index is 2830. The van der Waals surface area contributed by atoms with Crippen molar-refractivity contribution in [2.24, 2.45) is 4.99 Å². The first-order valence-electron chi connectivity index (χ1n) is 25.0. The number of nitrogens with one attached hydrogen (secondary N) is 1. The van der Waals surface area contributed by atoms with Crippen LogP contribution < -0.4 is 34.2 Å². The summed E-state index contributed by atoms with van der Waals surface area (Å²) in [5.74, 6) is 1.32. The lowest BCUT2D eigenvalue weighted by Gasteiger charge is -2.34. The van der Waals surface area contributed by atoms with E-state index in [1.165, 1.54) is 0 Å². The topological polar surface area (TPSA) is 152 Å². The van der Waals surface area contributed by atoms with Crippen LogP contribution in [0.2, 0.25) is 0 Å². The number of ether oxygens (including phenoxy) is 5. The van der Waals surface area contributed by atoms with Crippen LogP contribution in [0.1, 0.15) is 88.6 Å². The molecule has 0 saturated heterocycles. The van der Waals surface area contributed by atoms with Crippen molar-refractivity contribution in [1.82, 2.24) is 0 Å². The Morgan fingerprint density at radius 2 is 1.50 bits per heavy atom. The molecule has 5 aromatic rings. The molecule has 15 heteroatoms. The second kappa shape index (κ2) is 22.5. The number of para-hydroxylation sites is 2. The van der Waals surface area contributed by atoms with Gasteiger partial charge in [0.1, 0.15) is 19.0 Å². The highest BCUT2D eigenvalue weighted by atomic mass is 32.2. The van der Waals surface area contributed by atoms with Crippen LogP contribution in [0, 0.1) is 6.92 Å². The monoisotopic (exact) mass is 995 g/mol. The van der Waals surface area contributed by atoms with E-state index in [0.29, 0.717) is 104 Å². The maximum Gasteiger partial charge on any atom is 0.303 e. The third-order valence-electron chi connectivity index (χ3n) is 13.5. The molecule has 378 valence electrons. The van der Waals surface area contributed by atoms with Crippen LogP contribution >= 0.6 is 11.8 Å². The van der Waals surface area contributed by atoms with Crippen LogP contribution in [0.25, 0.3) is 0 Å². The second-order valence-electron chi connectivity index (χ2n) is 19.4. The lowest BCUT2D eigenvalue weighted by Crippen LogP contribution is -2.39. The number of benzene rings is 5. The Labute approximate surface area is 426 Å². The number of anilines is 4. The van der Waals surface area contributed by atoms with Gasteiger partial charge in [-0.25, -0.2) is 0 Å². The number of carbonyl (C=O) groups excluding carboxylic acids is 2. The molecule has 2 N–H and O–H groups in total. The molecule has 0 radical (unpaired) electrons. The molecular formula is C57H65N5O9S. The second-order valence-corrected chi connectivity index (χ2v) is 21.2. The first-order valence-corrected chi connectivity index (χ1v) is 26.0. The zero-order chi connectivity index (χ0) is 50.4. The lowest BCUT2D eigenvalue weighted by molar-refractivity contribution is -0.137. The zero-order valence-corrected chi connectivity index (χ0v) is 42.7. The summed E-state index contributed by atoms with van der Waals surface area (Å²) < 4.78 is 30.8. The fourth-order valence-electron chi connectivity index (χ4n) is 10.0. The Balaban J connectivity index is 0.999. The van der Waals surface area contributed by atoms with Crippen molar-refractivity contribution in [2.45, 2.75) is 89.8 Å². The number of nitrogens with zero attached hydrogens (tertiary/aromatic N) is 4. The third kappa shape index (κ3) is 11.4. The summed E-state index contributed by atoms with van der Waals surface area (Å²) in [5.41, 5.74) is 10.00. The highest BCUT2D eigenvalue weighted by molar-refractivity contribution is 8.00. The van der Waals surface area contributed by atoms with E-state index in [0.717, 1.165) is 57.7 Å². The van der Waals surface area contributed by atoms with Crippen molar-refractivity contribution < 1.29 is 43.2 Å². The molecule has 0 bridgehead atoms. The quantitative estimate of drug-likeness (QED) is 0.0600. The maximum atomic E-state index is 14.2. The Hall–Kier alpha value is -6.55. The number of carboxylic acids is 1. The third-order valence-corrected chi connectivity index (χ3v) is 14.9. The summed E-state index contributed by atoms with van der Waals surface area (Å²) in [7, 11) is 1.58. The Kier molecular flexibility index (Phi) is 15.7. The van der Waals surface area contributed by atoms with Crippen molar-refractivity contribution in [1.29, 1.82) is 0 Å². The van der Waals surface area contributed by atoms with Crippen molar-refractivity contribution in [3.8, 4) is 17.2 Å². The van der Waals surface area contributed by atoms with Crippen LogP contribution in [0.4, 0.5) is 28.4 Å². The number of amides is 2. The van der Waals surface area contributed by atoms with Gasteiger partial charge in [-0.15, -0.1) is 0 Å². The molecular weight excluding hydrogens is 931 g/mol. The van der Waals surface area contributed by atoms with Gasteiger partial charge in [0.15, 0.2) is 11.5 Å². The first kappa shape index (κ1) is 50.4. The number of aliphatic carboxylic acids is 1. The highest BCUT2D eigenvalue weighted by Gasteiger charge is 2.39. The van der Waals surface area contributed by atoms with E-state index in [9.17, 15) is 19.5 Å². The number of rotatable bonds is 23. The van der Waals surface area contributed by atoms with E-state index in [1.807, 2.05) is 77.5 Å². The number of hydrogen-bond acceptors (Lipinski definition) is 12. The molecule has 4 aliphatic rings. The van der Waals surface area contributed by atoms with Crippen LogP contribution in [0.5, 0.6) is 17.2 Å². The van der Waals surface area contributed by atoms with E-state index < -0.39 is 5.97 Å². The fraction of sp³-hybridized carbons (Fsp3) is 0.404. The van der Waals surface area contributed by atoms with Crippen molar-refractivity contribution in [3.05, 3.63) is 130 Å². The highest BCUT2D eigenvalue weighted by Crippen LogP contribution is 2.42. The van der Waals surface area contributed by atoms with Gasteiger partial charge < -0.3 is 43.9 Å². The molecule has 0 aliphatic carbocycles. The Morgan fingerprint density at radius 3 is 2.22 bits per heavy atom. The van der Waals surface area contributed by atoms with Gasteiger partial charge in [0.25, 0.3) is 11.8 Å². The zero-order valence-electron chi connectivity index (χ0n) is 41.9. The molecule has 0 saturated carbocycles. The lowest BCUT2D eigenvalue weighted by atomic mass is 10.1. The number of carbonyl (C=O) groups is 3. The van der Waals surface area contributed by atoms with Crippen molar-refractivity contribution in [2.75, 3.05) is 78.9 Å². The summed E-state index contributed by atoms with van der Waals surface area (Å²) in [6.45, 7) is 12.7. The van der Waals surface area contributed by atoms with E-state index in [1.54, 1.807) is 24.9 Å². The van der Waals surface area contributed by atoms with E-state index in [4.69, 9.17) is 28.7 Å². The molecule has 0 aromatic heterocycles. The standard InChI is InChI=1S/C57H65N5O9S/c1-6-18-68-20-21-69-19-17-60(36-57(3,4)72-22-11-16-54(63)64)42-25-38(34-70-51-30-47-45(23-37(51)2)55(65)61-43(32-58-47)27-40-12-7-9-14-49(40)61)24-39(26-42)35-71-53-31-48-46(29-52(53)67-5)56(66)62-44(33-59-48)28-41-13-8-10-15-50(41)62/h7-10,12-15,23-26,29-32,43-44,59H,6,11,16-22,27-28,33-36H2,1-5H3,(H,63,64)/t43-,44-/m0/s1. The average molecular weight is 996 g/mol. The summed E-state index contributed by atoms with van der Waals surface area (Å²) in [6.07, 6.45) is 5.01. The van der Waals surface area contributed by atoms with Crippen LogP contribution in [-0.2, 0) is 40.3 Å². The van der Waals surface area contributed by atoms with Gasteiger partial charge in [-0.2, -0.15) is 11.8 Å². The van der Waals surface area contributed by atoms with E-state index in [2.05, 4.69) is 61.3 Å². The molecule has 2 amide bonds. The van der Waals surface area contributed by atoms with Crippen molar-refractivity contribution >= 4 is 64.2 Å². The largest absolute Gasteiger partial charge is 0.493 e. The number of methoxy groups -OCH3 is 1. The SMILES string of the molecule is CCCOCCOCCN(CC(C)(C)SCCCC(=O)O)c1cc(COc2cc3c(cc2C)C(=O)N2c4ccccc4C[C@H]2C=N3)cc(COc2cc3c(cc2OC)C(=O)N2c4ccccc4C[C@H]2CN3)c1. The van der Waals surface area contributed by atoms with Crippen LogP contribution in [0.15, 0.2) is 96.0 Å². The molecule has 0 spiro atoms. The van der Waals surface area contributed by atoms with E-state index in [-0.39, 0.29) is 48.3 Å². The minimum Gasteiger partial charge on any atom is -0.493 e. The summed E-state index contributed by atoms with van der Waals surface area (Å²) >= 11 is 1.75. The molecule has 14 nitrogen and oxygen atoms in total. The first-order chi connectivity index (χ1) is 34.9. The number of thioether (sulfide) groups is 1. The predicted octanol–water partition coefficient (Wildman–Crippen LogP) is 10.1. The van der Waals surface area contributed by atoms with Crippen LogP contribution in [-0.4, -0.2) is 105 Å². The van der Waals surface area contributed by atoms with Gasteiger partial charge in [-0.1, -0.05) is 43.3 Å². The Morgan fingerprint density at radius 1 is 0.819 bits per heavy atom. The van der Waals surface area contributed by atoms with E-state index >= 15 is 0 Å². The van der Waals surface area contributed by atoms with Crippen molar-refractivity contribution in [3.63, 3.8) is 0 Å². The minimum absolute atomic E-state index is 0.0161. The smallest absolute Gasteiger partial charge is 0.303 e. The minimum atomic E-state index is -0.794. The van der Waals surface area contributed by atoms with Gasteiger partial charge in [0.2, 0.25) is 0 Å². The summed E-state index contributed by atoms with van der Waals surface area (Å²) in [6, 6.07) is 29.6. The number of fused-ring (bicyclic) bond motifs is 8. The molecule has 9 rings (SSSR count). The predicted molar refractivity (Wildman–Crippen MR) is 285 cm³/mol. The number of carboxylic acid groups (broad SMARTS) is 1. The molecule has 0 fully saturated rings.